The van der Waals surface area contributed by atoms with Crippen LogP contribution in [-0.4, -0.2) is 16.7 Å². The van der Waals surface area contributed by atoms with E-state index in [0.717, 1.165) is 10.9 Å². The summed E-state index contributed by atoms with van der Waals surface area (Å²) in [7, 11) is 0. The summed E-state index contributed by atoms with van der Waals surface area (Å²) >= 11 is 1.33. The first kappa shape index (κ1) is 14.0. The third-order valence-corrected chi connectivity index (χ3v) is 3.68. The van der Waals surface area contributed by atoms with Gasteiger partial charge in [0.1, 0.15) is 0 Å². The van der Waals surface area contributed by atoms with E-state index in [9.17, 15) is 13.2 Å². The second kappa shape index (κ2) is 5.71. The van der Waals surface area contributed by atoms with Crippen LogP contribution in [0, 0.1) is 0 Å². The largest absolute Gasteiger partial charge is 0.416 e. The zero-order valence-corrected chi connectivity index (χ0v) is 10.8. The number of nitrogens with zero attached hydrogens (tertiary/aromatic N) is 1. The molecule has 1 aromatic carbocycles. The van der Waals surface area contributed by atoms with Crippen LogP contribution in [0.15, 0.2) is 30.5 Å². The lowest BCUT2D eigenvalue weighted by Gasteiger charge is -2.11. The highest BCUT2D eigenvalue weighted by Crippen LogP contribution is 2.33. The van der Waals surface area contributed by atoms with Crippen LogP contribution >= 0.6 is 11.3 Å². The number of aliphatic hydroxyl groups is 1. The van der Waals surface area contributed by atoms with Crippen molar-refractivity contribution < 1.29 is 18.3 Å². The van der Waals surface area contributed by atoms with Crippen molar-refractivity contribution in [3.05, 3.63) is 51.5 Å². The molecule has 0 spiro atoms. The van der Waals surface area contributed by atoms with Crippen LogP contribution in [0.25, 0.3) is 0 Å². The first-order chi connectivity index (χ1) is 9.00. The average Bonchev–Trinajstić information content (AvgIpc) is 2.76. The predicted molar refractivity (Wildman–Crippen MR) is 67.2 cm³/mol. The molecule has 6 heteroatoms. The highest BCUT2D eigenvalue weighted by molar-refractivity contribution is 7.11. The fourth-order valence-electron chi connectivity index (χ4n) is 1.77. The number of hydrogen-bond acceptors (Lipinski definition) is 3. The minimum absolute atomic E-state index is 0.0147. The van der Waals surface area contributed by atoms with Crippen LogP contribution in [0.5, 0.6) is 0 Å². The predicted octanol–water partition coefficient (Wildman–Crippen LogP) is 3.29. The SMILES string of the molecule is OCCc1cnc(Cc2ccccc2C(F)(F)F)s1. The number of benzene rings is 1. The minimum Gasteiger partial charge on any atom is -0.396 e. The maximum Gasteiger partial charge on any atom is 0.416 e. The Balaban J connectivity index is 2.23. The van der Waals surface area contributed by atoms with Crippen LogP contribution in [-0.2, 0) is 19.0 Å². The zero-order chi connectivity index (χ0) is 13.9. The number of hydrogen-bond donors (Lipinski definition) is 1. The normalized spacial score (nSPS) is 11.8. The molecular weight excluding hydrogens is 275 g/mol. The lowest BCUT2D eigenvalue weighted by atomic mass is 10.0. The molecule has 2 aromatic rings. The lowest BCUT2D eigenvalue weighted by molar-refractivity contribution is -0.138. The van der Waals surface area contributed by atoms with Gasteiger partial charge in [-0.05, 0) is 11.6 Å². The second-order valence-electron chi connectivity index (χ2n) is 4.03. The molecule has 1 aromatic heterocycles. The standard InChI is InChI=1S/C13H12F3NOS/c14-13(15,16)11-4-2-1-3-9(11)7-12-17-8-10(19-12)5-6-18/h1-4,8,18H,5-7H2. The zero-order valence-electron chi connectivity index (χ0n) is 9.94. The van der Waals surface area contributed by atoms with E-state index in [-0.39, 0.29) is 18.6 Å². The molecule has 0 fully saturated rings. The van der Waals surface area contributed by atoms with Gasteiger partial charge in [-0.15, -0.1) is 11.3 Å². The third-order valence-electron chi connectivity index (χ3n) is 2.62. The van der Waals surface area contributed by atoms with E-state index in [1.165, 1.54) is 23.5 Å². The van der Waals surface area contributed by atoms with Crippen molar-refractivity contribution in [3.63, 3.8) is 0 Å². The molecule has 19 heavy (non-hydrogen) atoms. The van der Waals surface area contributed by atoms with Crippen molar-refractivity contribution in [2.45, 2.75) is 19.0 Å². The number of aliphatic hydroxyl groups excluding tert-OH is 1. The molecule has 0 aliphatic carbocycles. The summed E-state index contributed by atoms with van der Waals surface area (Å²) in [5.41, 5.74) is -0.395. The summed E-state index contributed by atoms with van der Waals surface area (Å²) in [5.74, 6) is 0. The Morgan fingerprint density at radius 2 is 1.95 bits per heavy atom. The van der Waals surface area contributed by atoms with Crippen molar-refractivity contribution in [1.29, 1.82) is 0 Å². The van der Waals surface area contributed by atoms with Crippen LogP contribution in [0.1, 0.15) is 21.0 Å². The Bertz CT molecular complexity index is 551. The summed E-state index contributed by atoms with van der Waals surface area (Å²) < 4.78 is 38.5. The van der Waals surface area contributed by atoms with Gasteiger partial charge in [-0.25, -0.2) is 4.98 Å². The van der Waals surface area contributed by atoms with E-state index in [1.807, 2.05) is 0 Å². The Hall–Kier alpha value is -1.40. The molecular formula is C13H12F3NOS. The van der Waals surface area contributed by atoms with Crippen molar-refractivity contribution in [1.82, 2.24) is 4.98 Å². The highest BCUT2D eigenvalue weighted by Gasteiger charge is 2.32. The third kappa shape index (κ3) is 3.54. The van der Waals surface area contributed by atoms with Gasteiger partial charge in [-0.2, -0.15) is 13.2 Å². The summed E-state index contributed by atoms with van der Waals surface area (Å²) in [6, 6.07) is 5.52. The maximum absolute atomic E-state index is 12.8. The van der Waals surface area contributed by atoms with Gasteiger partial charge in [-0.3, -0.25) is 0 Å². The molecule has 2 rings (SSSR count). The molecule has 1 N–H and O–H groups in total. The summed E-state index contributed by atoms with van der Waals surface area (Å²) in [6.07, 6.45) is -2.10. The molecule has 0 unspecified atom stereocenters. The number of alkyl halides is 3. The Morgan fingerprint density at radius 1 is 1.21 bits per heavy atom. The van der Waals surface area contributed by atoms with Crippen molar-refractivity contribution in [2.24, 2.45) is 0 Å². The van der Waals surface area contributed by atoms with E-state index in [0.29, 0.717) is 11.4 Å². The van der Waals surface area contributed by atoms with Crippen molar-refractivity contribution in [2.75, 3.05) is 6.61 Å². The molecule has 0 atom stereocenters. The quantitative estimate of drug-likeness (QED) is 0.936. The second-order valence-corrected chi connectivity index (χ2v) is 5.23. The van der Waals surface area contributed by atoms with E-state index >= 15 is 0 Å². The molecule has 0 aliphatic heterocycles. The molecule has 0 aliphatic rings. The van der Waals surface area contributed by atoms with Gasteiger partial charge in [0.15, 0.2) is 0 Å². The number of aromatic nitrogens is 1. The van der Waals surface area contributed by atoms with Crippen LogP contribution < -0.4 is 0 Å². The van der Waals surface area contributed by atoms with Gasteiger partial charge in [0.2, 0.25) is 0 Å². The fraction of sp³-hybridized carbons (Fsp3) is 0.308. The maximum atomic E-state index is 12.8. The van der Waals surface area contributed by atoms with Gasteiger partial charge < -0.3 is 5.11 Å². The van der Waals surface area contributed by atoms with Gasteiger partial charge in [0.25, 0.3) is 0 Å². The van der Waals surface area contributed by atoms with Crippen molar-refractivity contribution >= 4 is 11.3 Å². The molecule has 0 saturated carbocycles. The first-order valence-corrected chi connectivity index (χ1v) is 6.52. The molecule has 102 valence electrons. The number of halogens is 3. The number of rotatable bonds is 4. The van der Waals surface area contributed by atoms with Gasteiger partial charge in [0, 0.05) is 30.5 Å². The van der Waals surface area contributed by atoms with E-state index in [1.54, 1.807) is 12.3 Å². The molecule has 0 saturated heterocycles. The molecule has 0 bridgehead atoms. The van der Waals surface area contributed by atoms with Crippen LogP contribution in [0.3, 0.4) is 0 Å². The lowest BCUT2D eigenvalue weighted by Crippen LogP contribution is -2.09. The molecule has 1 heterocycles. The smallest absolute Gasteiger partial charge is 0.396 e. The molecule has 0 amide bonds. The Morgan fingerprint density at radius 3 is 2.63 bits per heavy atom. The Labute approximate surface area is 112 Å². The highest BCUT2D eigenvalue weighted by atomic mass is 32.1. The van der Waals surface area contributed by atoms with Crippen LogP contribution in [0.4, 0.5) is 13.2 Å². The Kier molecular flexibility index (Phi) is 4.21. The summed E-state index contributed by atoms with van der Waals surface area (Å²) in [6.45, 7) is 0.0147. The number of thiazole rings is 1. The van der Waals surface area contributed by atoms with E-state index in [2.05, 4.69) is 4.98 Å². The summed E-state index contributed by atoms with van der Waals surface area (Å²) in [5, 5.41) is 9.42. The molecule has 0 radical (unpaired) electrons. The van der Waals surface area contributed by atoms with E-state index < -0.39 is 11.7 Å². The fourth-order valence-corrected chi connectivity index (χ4v) is 2.70. The topological polar surface area (TPSA) is 33.1 Å². The van der Waals surface area contributed by atoms with Crippen molar-refractivity contribution in [3.8, 4) is 0 Å². The molecule has 2 nitrogen and oxygen atoms in total. The van der Waals surface area contributed by atoms with Gasteiger partial charge in [-0.1, -0.05) is 18.2 Å². The van der Waals surface area contributed by atoms with Gasteiger partial charge >= 0.3 is 6.18 Å². The average molecular weight is 287 g/mol. The summed E-state index contributed by atoms with van der Waals surface area (Å²) in [4.78, 5) is 4.97. The monoisotopic (exact) mass is 287 g/mol. The first-order valence-electron chi connectivity index (χ1n) is 5.70. The van der Waals surface area contributed by atoms with E-state index in [4.69, 9.17) is 5.11 Å². The minimum atomic E-state index is -4.35. The van der Waals surface area contributed by atoms with Crippen LogP contribution in [0.2, 0.25) is 0 Å². The van der Waals surface area contributed by atoms with Gasteiger partial charge in [0.05, 0.1) is 10.6 Å².